The van der Waals surface area contributed by atoms with Gasteiger partial charge in [0.1, 0.15) is 5.75 Å². The summed E-state index contributed by atoms with van der Waals surface area (Å²) in [6.45, 7) is 10.4. The summed E-state index contributed by atoms with van der Waals surface area (Å²) in [5.41, 5.74) is 1.30. The van der Waals surface area contributed by atoms with Gasteiger partial charge in [-0.3, -0.25) is 14.4 Å². The van der Waals surface area contributed by atoms with E-state index >= 15 is 0 Å². The SMILES string of the molecule is CCCCCCOC(=O)C(C(C)=O)C(=O)CCCOc1ccc(C(C)(C)C)cc1. The number of carbonyl (C=O) groups is 3. The molecule has 162 valence electrons. The van der Waals surface area contributed by atoms with Crippen LogP contribution in [-0.2, 0) is 24.5 Å². The molecule has 0 aliphatic carbocycles. The molecule has 1 aromatic carbocycles. The van der Waals surface area contributed by atoms with E-state index in [4.69, 9.17) is 9.47 Å². The number of hydrogen-bond donors (Lipinski definition) is 0. The van der Waals surface area contributed by atoms with Gasteiger partial charge in [0.05, 0.1) is 13.2 Å². The van der Waals surface area contributed by atoms with Crippen LogP contribution in [0.2, 0.25) is 0 Å². The molecule has 1 unspecified atom stereocenters. The molecular weight excluding hydrogens is 368 g/mol. The number of unbranched alkanes of at least 4 members (excludes halogenated alkanes) is 3. The number of Topliss-reactive ketones (excluding diaryl/α,β-unsaturated/α-hetero) is 2. The quantitative estimate of drug-likeness (QED) is 0.262. The summed E-state index contributed by atoms with van der Waals surface area (Å²) in [6.07, 6.45) is 4.43. The van der Waals surface area contributed by atoms with Gasteiger partial charge in [0, 0.05) is 6.42 Å². The zero-order chi connectivity index (χ0) is 21.9. The van der Waals surface area contributed by atoms with Gasteiger partial charge < -0.3 is 9.47 Å². The van der Waals surface area contributed by atoms with Crippen LogP contribution in [0, 0.1) is 5.92 Å². The number of hydrogen-bond acceptors (Lipinski definition) is 5. The van der Waals surface area contributed by atoms with E-state index in [9.17, 15) is 14.4 Å². The second-order valence-corrected chi connectivity index (χ2v) is 8.46. The van der Waals surface area contributed by atoms with Gasteiger partial charge >= 0.3 is 5.97 Å². The molecule has 0 saturated carbocycles. The monoisotopic (exact) mass is 404 g/mol. The summed E-state index contributed by atoms with van der Waals surface area (Å²) in [5, 5.41) is 0. The second-order valence-electron chi connectivity index (χ2n) is 8.46. The predicted octanol–water partition coefficient (Wildman–Crippen LogP) is 5.04. The number of ether oxygens (including phenoxy) is 2. The van der Waals surface area contributed by atoms with Crippen LogP contribution < -0.4 is 4.74 Å². The molecule has 0 bridgehead atoms. The first-order valence-corrected chi connectivity index (χ1v) is 10.6. The lowest BCUT2D eigenvalue weighted by Crippen LogP contribution is -2.32. The van der Waals surface area contributed by atoms with Gasteiger partial charge in [-0.15, -0.1) is 0 Å². The fraction of sp³-hybridized carbons (Fsp3) is 0.625. The Morgan fingerprint density at radius 1 is 0.931 bits per heavy atom. The highest BCUT2D eigenvalue weighted by atomic mass is 16.5. The van der Waals surface area contributed by atoms with Crippen molar-refractivity contribution in [2.45, 2.75) is 78.6 Å². The maximum absolute atomic E-state index is 12.4. The van der Waals surface area contributed by atoms with Crippen molar-refractivity contribution in [3.8, 4) is 5.75 Å². The van der Waals surface area contributed by atoms with Crippen molar-refractivity contribution in [3.05, 3.63) is 29.8 Å². The highest BCUT2D eigenvalue weighted by Gasteiger charge is 2.31. The van der Waals surface area contributed by atoms with Crippen molar-refractivity contribution >= 4 is 17.5 Å². The molecule has 0 heterocycles. The molecule has 0 fully saturated rings. The molecule has 0 spiro atoms. The third kappa shape index (κ3) is 9.25. The zero-order valence-electron chi connectivity index (χ0n) is 18.6. The molecule has 0 aromatic heterocycles. The molecule has 0 aliphatic rings. The molecule has 1 atom stereocenters. The number of esters is 1. The lowest BCUT2D eigenvalue weighted by molar-refractivity contribution is -0.155. The van der Waals surface area contributed by atoms with Crippen LogP contribution in [0.25, 0.3) is 0 Å². The molecule has 0 aliphatic heterocycles. The molecule has 5 heteroatoms. The fourth-order valence-corrected chi connectivity index (χ4v) is 2.94. The number of carbonyl (C=O) groups excluding carboxylic acids is 3. The van der Waals surface area contributed by atoms with Gasteiger partial charge in [-0.05, 0) is 42.9 Å². The van der Waals surface area contributed by atoms with E-state index in [0.717, 1.165) is 31.4 Å². The Morgan fingerprint density at radius 2 is 1.59 bits per heavy atom. The summed E-state index contributed by atoms with van der Waals surface area (Å²) in [4.78, 5) is 36.3. The van der Waals surface area contributed by atoms with Gasteiger partial charge in [-0.2, -0.15) is 0 Å². The second kappa shape index (κ2) is 12.4. The number of ketones is 2. The van der Waals surface area contributed by atoms with Crippen LogP contribution >= 0.6 is 0 Å². The Bertz CT molecular complexity index is 655. The third-order valence-corrected chi connectivity index (χ3v) is 4.76. The van der Waals surface area contributed by atoms with E-state index in [-0.39, 0.29) is 18.4 Å². The van der Waals surface area contributed by atoms with Gasteiger partial charge in [0.15, 0.2) is 17.5 Å². The summed E-state index contributed by atoms with van der Waals surface area (Å²) in [6, 6.07) is 7.89. The van der Waals surface area contributed by atoms with Crippen molar-refractivity contribution in [2.24, 2.45) is 5.92 Å². The highest BCUT2D eigenvalue weighted by molar-refractivity contribution is 6.16. The highest BCUT2D eigenvalue weighted by Crippen LogP contribution is 2.24. The lowest BCUT2D eigenvalue weighted by atomic mass is 9.87. The molecule has 0 N–H and O–H groups in total. The zero-order valence-corrected chi connectivity index (χ0v) is 18.6. The normalized spacial score (nSPS) is 12.3. The van der Waals surface area contributed by atoms with Gasteiger partial charge in [0.2, 0.25) is 0 Å². The average Bonchev–Trinajstić information content (AvgIpc) is 2.64. The van der Waals surface area contributed by atoms with Gasteiger partial charge in [0.25, 0.3) is 0 Å². The van der Waals surface area contributed by atoms with Crippen LogP contribution in [0.1, 0.15) is 78.7 Å². The lowest BCUT2D eigenvalue weighted by Gasteiger charge is -2.19. The minimum atomic E-state index is -1.31. The van der Waals surface area contributed by atoms with E-state index in [0.29, 0.717) is 13.0 Å². The Hall–Kier alpha value is -2.17. The Balaban J connectivity index is 2.41. The number of rotatable bonds is 13. The predicted molar refractivity (Wildman–Crippen MR) is 114 cm³/mol. The average molecular weight is 405 g/mol. The van der Waals surface area contributed by atoms with Crippen molar-refractivity contribution in [3.63, 3.8) is 0 Å². The summed E-state index contributed by atoms with van der Waals surface area (Å²) in [7, 11) is 0. The van der Waals surface area contributed by atoms with Crippen molar-refractivity contribution in [1.29, 1.82) is 0 Å². The van der Waals surface area contributed by atoms with Crippen LogP contribution in [0.3, 0.4) is 0 Å². The molecule has 1 rings (SSSR count). The molecule has 5 nitrogen and oxygen atoms in total. The van der Waals surface area contributed by atoms with E-state index < -0.39 is 23.5 Å². The Kier molecular flexibility index (Phi) is 10.6. The van der Waals surface area contributed by atoms with Crippen LogP contribution in [0.15, 0.2) is 24.3 Å². The van der Waals surface area contributed by atoms with Gasteiger partial charge in [-0.1, -0.05) is 59.1 Å². The van der Waals surface area contributed by atoms with Crippen LogP contribution in [0.5, 0.6) is 5.75 Å². The molecule has 1 aromatic rings. The van der Waals surface area contributed by atoms with E-state index in [2.05, 4.69) is 27.7 Å². The number of benzene rings is 1. The summed E-state index contributed by atoms with van der Waals surface area (Å²) in [5.74, 6) is -2.17. The molecule has 0 saturated heterocycles. The molecular formula is C24H36O5. The third-order valence-electron chi connectivity index (χ3n) is 4.76. The Morgan fingerprint density at radius 3 is 2.14 bits per heavy atom. The first-order valence-electron chi connectivity index (χ1n) is 10.6. The maximum Gasteiger partial charge on any atom is 0.324 e. The van der Waals surface area contributed by atoms with Crippen molar-refractivity contribution < 1.29 is 23.9 Å². The Labute approximate surface area is 175 Å². The topological polar surface area (TPSA) is 69.7 Å². The summed E-state index contributed by atoms with van der Waals surface area (Å²) >= 11 is 0. The van der Waals surface area contributed by atoms with Gasteiger partial charge in [-0.25, -0.2) is 0 Å². The standard InChI is InChI=1S/C24H36O5/c1-6-7-8-9-16-29-23(27)22(18(2)25)21(26)11-10-17-28-20-14-12-19(13-15-20)24(3,4)5/h12-15,22H,6-11,16-17H2,1-5H3. The van der Waals surface area contributed by atoms with Crippen LogP contribution in [0.4, 0.5) is 0 Å². The smallest absolute Gasteiger partial charge is 0.324 e. The molecule has 29 heavy (non-hydrogen) atoms. The molecule has 0 amide bonds. The fourth-order valence-electron chi connectivity index (χ4n) is 2.94. The summed E-state index contributed by atoms with van der Waals surface area (Å²) < 4.78 is 10.8. The van der Waals surface area contributed by atoms with Crippen LogP contribution in [-0.4, -0.2) is 30.7 Å². The van der Waals surface area contributed by atoms with E-state index in [1.807, 2.05) is 24.3 Å². The van der Waals surface area contributed by atoms with Crippen molar-refractivity contribution in [1.82, 2.24) is 0 Å². The largest absolute Gasteiger partial charge is 0.494 e. The minimum absolute atomic E-state index is 0.0806. The van der Waals surface area contributed by atoms with Crippen molar-refractivity contribution in [2.75, 3.05) is 13.2 Å². The first kappa shape index (κ1) is 24.9. The van der Waals surface area contributed by atoms with E-state index in [1.165, 1.54) is 12.5 Å². The molecule has 0 radical (unpaired) electrons. The first-order chi connectivity index (χ1) is 13.7. The minimum Gasteiger partial charge on any atom is -0.494 e. The maximum atomic E-state index is 12.4. The van der Waals surface area contributed by atoms with E-state index in [1.54, 1.807) is 0 Å².